The molecule has 0 aliphatic heterocycles. The van der Waals surface area contributed by atoms with Crippen LogP contribution in [0, 0.1) is 12.7 Å². The summed E-state index contributed by atoms with van der Waals surface area (Å²) in [5, 5.41) is 2.64. The highest BCUT2D eigenvalue weighted by Crippen LogP contribution is 2.14. The highest BCUT2D eigenvalue weighted by Gasteiger charge is 2.04. The molecule has 76 valence electrons. The monoisotopic (exact) mass is 197 g/mol. The number of methoxy groups -OCH3 is 1. The van der Waals surface area contributed by atoms with Gasteiger partial charge in [-0.2, -0.15) is 0 Å². The van der Waals surface area contributed by atoms with Crippen molar-refractivity contribution in [2.75, 3.05) is 19.0 Å². The third-order valence-corrected chi connectivity index (χ3v) is 1.78. The van der Waals surface area contributed by atoms with E-state index < -0.39 is 5.97 Å². The number of benzene rings is 1. The van der Waals surface area contributed by atoms with Crippen LogP contribution in [0.25, 0.3) is 0 Å². The molecule has 0 saturated heterocycles. The first kappa shape index (κ1) is 10.5. The normalized spacial score (nSPS) is 9.64. The summed E-state index contributed by atoms with van der Waals surface area (Å²) in [4.78, 5) is 10.8. The number of rotatable bonds is 3. The van der Waals surface area contributed by atoms with Crippen LogP contribution in [0.2, 0.25) is 0 Å². The fourth-order valence-electron chi connectivity index (χ4n) is 1.00. The second-order valence-corrected chi connectivity index (χ2v) is 2.91. The van der Waals surface area contributed by atoms with E-state index in [4.69, 9.17) is 0 Å². The van der Waals surface area contributed by atoms with Crippen molar-refractivity contribution in [3.8, 4) is 0 Å². The lowest BCUT2D eigenvalue weighted by atomic mass is 10.2. The van der Waals surface area contributed by atoms with E-state index in [9.17, 15) is 9.18 Å². The van der Waals surface area contributed by atoms with Gasteiger partial charge in [-0.15, -0.1) is 0 Å². The lowest BCUT2D eigenvalue weighted by molar-refractivity contribution is -0.138. The molecule has 0 amide bonds. The summed E-state index contributed by atoms with van der Waals surface area (Å²) in [5.74, 6) is -0.793. The van der Waals surface area contributed by atoms with E-state index in [1.807, 2.05) is 0 Å². The Morgan fingerprint density at radius 1 is 1.57 bits per heavy atom. The minimum Gasteiger partial charge on any atom is -0.468 e. The molecule has 4 heteroatoms. The molecule has 3 nitrogen and oxygen atoms in total. The fraction of sp³-hybridized carbons (Fsp3) is 0.300. The molecule has 1 aromatic carbocycles. The smallest absolute Gasteiger partial charge is 0.325 e. The number of anilines is 1. The molecule has 14 heavy (non-hydrogen) atoms. The van der Waals surface area contributed by atoms with Crippen LogP contribution in [0.4, 0.5) is 10.1 Å². The topological polar surface area (TPSA) is 38.3 Å². The summed E-state index contributed by atoms with van der Waals surface area (Å²) in [7, 11) is 1.29. The first-order valence-electron chi connectivity index (χ1n) is 4.20. The number of hydrogen-bond donors (Lipinski definition) is 1. The zero-order valence-corrected chi connectivity index (χ0v) is 8.13. The molecule has 0 aliphatic carbocycles. The van der Waals surface area contributed by atoms with Gasteiger partial charge in [0.25, 0.3) is 0 Å². The zero-order chi connectivity index (χ0) is 10.6. The standard InChI is InChI=1S/C10H12FNO2/c1-7-3-4-9(8(11)5-7)12-6-10(13)14-2/h3-5,12H,6H2,1-2H3. The second-order valence-electron chi connectivity index (χ2n) is 2.91. The molecule has 0 bridgehead atoms. The highest BCUT2D eigenvalue weighted by atomic mass is 19.1. The predicted molar refractivity (Wildman–Crippen MR) is 51.6 cm³/mol. The van der Waals surface area contributed by atoms with Gasteiger partial charge in [-0.25, -0.2) is 4.39 Å². The van der Waals surface area contributed by atoms with E-state index in [2.05, 4.69) is 10.1 Å². The van der Waals surface area contributed by atoms with Crippen LogP contribution < -0.4 is 5.32 Å². The average molecular weight is 197 g/mol. The van der Waals surface area contributed by atoms with Crippen LogP contribution >= 0.6 is 0 Å². The number of aryl methyl sites for hydroxylation is 1. The summed E-state index contributed by atoms with van der Waals surface area (Å²) in [5.41, 5.74) is 1.15. The molecule has 0 radical (unpaired) electrons. The predicted octanol–water partition coefficient (Wildman–Crippen LogP) is 1.72. The van der Waals surface area contributed by atoms with Crippen LogP contribution in [-0.2, 0) is 9.53 Å². The number of carbonyl (C=O) groups is 1. The van der Waals surface area contributed by atoms with Crippen molar-refractivity contribution in [2.45, 2.75) is 6.92 Å². The van der Waals surface area contributed by atoms with E-state index in [0.29, 0.717) is 5.69 Å². The zero-order valence-electron chi connectivity index (χ0n) is 8.13. The van der Waals surface area contributed by atoms with Crippen molar-refractivity contribution < 1.29 is 13.9 Å². The maximum atomic E-state index is 13.2. The lowest BCUT2D eigenvalue weighted by Gasteiger charge is -2.06. The molecule has 0 heterocycles. The van der Waals surface area contributed by atoms with Crippen LogP contribution in [0.1, 0.15) is 5.56 Å². The summed E-state index contributed by atoms with van der Waals surface area (Å²) in [6.45, 7) is 1.77. The van der Waals surface area contributed by atoms with Crippen LogP contribution in [-0.4, -0.2) is 19.6 Å². The van der Waals surface area contributed by atoms with E-state index >= 15 is 0 Å². The van der Waals surface area contributed by atoms with E-state index in [0.717, 1.165) is 5.56 Å². The molecule has 0 unspecified atom stereocenters. The van der Waals surface area contributed by atoms with Crippen molar-refractivity contribution in [3.63, 3.8) is 0 Å². The first-order chi connectivity index (χ1) is 6.63. The van der Waals surface area contributed by atoms with Gasteiger partial charge in [0.15, 0.2) is 0 Å². The minimum absolute atomic E-state index is 0.0313. The Bertz CT molecular complexity index is 339. The van der Waals surface area contributed by atoms with Gasteiger partial charge in [0.05, 0.1) is 12.8 Å². The van der Waals surface area contributed by atoms with Gasteiger partial charge in [-0.05, 0) is 24.6 Å². The molecular weight excluding hydrogens is 185 g/mol. The summed E-state index contributed by atoms with van der Waals surface area (Å²) < 4.78 is 17.6. The number of halogens is 1. The Kier molecular flexibility index (Phi) is 3.45. The van der Waals surface area contributed by atoms with Crippen molar-refractivity contribution in [1.82, 2.24) is 0 Å². The van der Waals surface area contributed by atoms with Crippen LogP contribution in [0.3, 0.4) is 0 Å². The Morgan fingerprint density at radius 3 is 2.86 bits per heavy atom. The number of ether oxygens (including phenoxy) is 1. The van der Waals surface area contributed by atoms with Crippen molar-refractivity contribution in [1.29, 1.82) is 0 Å². The third-order valence-electron chi connectivity index (χ3n) is 1.78. The molecule has 1 rings (SSSR count). The minimum atomic E-state index is -0.426. The Hall–Kier alpha value is -1.58. The molecule has 0 aliphatic rings. The number of carbonyl (C=O) groups excluding carboxylic acids is 1. The molecule has 0 atom stereocenters. The van der Waals surface area contributed by atoms with Gasteiger partial charge < -0.3 is 10.1 Å². The van der Waals surface area contributed by atoms with Gasteiger partial charge >= 0.3 is 5.97 Å². The summed E-state index contributed by atoms with van der Waals surface area (Å²) in [6, 6.07) is 4.76. The average Bonchev–Trinajstić information content (AvgIpc) is 2.16. The van der Waals surface area contributed by atoms with E-state index in [1.165, 1.54) is 13.2 Å². The van der Waals surface area contributed by atoms with Crippen molar-refractivity contribution in [3.05, 3.63) is 29.6 Å². The SMILES string of the molecule is COC(=O)CNc1ccc(C)cc1F. The largest absolute Gasteiger partial charge is 0.468 e. The van der Waals surface area contributed by atoms with Gasteiger partial charge in [0.1, 0.15) is 12.4 Å². The van der Waals surface area contributed by atoms with E-state index in [1.54, 1.807) is 19.1 Å². The van der Waals surface area contributed by atoms with Gasteiger partial charge in [0.2, 0.25) is 0 Å². The van der Waals surface area contributed by atoms with Crippen molar-refractivity contribution in [2.24, 2.45) is 0 Å². The van der Waals surface area contributed by atoms with Crippen molar-refractivity contribution >= 4 is 11.7 Å². The second kappa shape index (κ2) is 4.60. The Balaban J connectivity index is 2.63. The Labute approximate surface area is 81.9 Å². The molecule has 0 spiro atoms. The van der Waals surface area contributed by atoms with Gasteiger partial charge in [-0.1, -0.05) is 6.07 Å². The molecule has 1 aromatic rings. The van der Waals surface area contributed by atoms with E-state index in [-0.39, 0.29) is 12.4 Å². The number of hydrogen-bond acceptors (Lipinski definition) is 3. The van der Waals surface area contributed by atoms with Gasteiger partial charge in [0, 0.05) is 0 Å². The van der Waals surface area contributed by atoms with Gasteiger partial charge in [-0.3, -0.25) is 4.79 Å². The molecule has 0 saturated carbocycles. The quantitative estimate of drug-likeness (QED) is 0.750. The number of esters is 1. The molecule has 0 aromatic heterocycles. The summed E-state index contributed by atoms with van der Waals surface area (Å²) >= 11 is 0. The fourth-order valence-corrected chi connectivity index (χ4v) is 1.00. The van der Waals surface area contributed by atoms with Crippen LogP contribution in [0.5, 0.6) is 0 Å². The maximum Gasteiger partial charge on any atom is 0.325 e. The molecule has 0 fully saturated rings. The third kappa shape index (κ3) is 2.73. The number of nitrogens with one attached hydrogen (secondary N) is 1. The molecule has 1 N–H and O–H groups in total. The lowest BCUT2D eigenvalue weighted by Crippen LogP contribution is -2.15. The first-order valence-corrected chi connectivity index (χ1v) is 4.20. The maximum absolute atomic E-state index is 13.2. The summed E-state index contributed by atoms with van der Waals surface area (Å²) in [6.07, 6.45) is 0. The molecular formula is C10H12FNO2. The Morgan fingerprint density at radius 2 is 2.29 bits per heavy atom. The van der Waals surface area contributed by atoms with Crippen LogP contribution in [0.15, 0.2) is 18.2 Å². The highest BCUT2D eigenvalue weighted by molar-refractivity contribution is 5.74.